The summed E-state index contributed by atoms with van der Waals surface area (Å²) in [4.78, 5) is 27.5. The van der Waals surface area contributed by atoms with E-state index < -0.39 is 0 Å². The van der Waals surface area contributed by atoms with Crippen LogP contribution in [0.3, 0.4) is 0 Å². The van der Waals surface area contributed by atoms with E-state index in [1.54, 1.807) is 18.3 Å². The Morgan fingerprint density at radius 2 is 2.00 bits per heavy atom. The van der Waals surface area contributed by atoms with E-state index in [4.69, 9.17) is 4.74 Å². The summed E-state index contributed by atoms with van der Waals surface area (Å²) in [5.41, 5.74) is 1.45. The number of carbonyl (C=O) groups excluding carboxylic acids is 1. The maximum absolute atomic E-state index is 12.2. The Kier molecular flexibility index (Phi) is 6.40. The Bertz CT molecular complexity index is 777. The number of aromatic nitrogens is 3. The van der Waals surface area contributed by atoms with Gasteiger partial charge in [0.05, 0.1) is 7.11 Å². The Labute approximate surface area is 159 Å². The summed E-state index contributed by atoms with van der Waals surface area (Å²) in [5.74, 6) is 1.81. The van der Waals surface area contributed by atoms with Gasteiger partial charge in [-0.1, -0.05) is 0 Å². The molecule has 8 nitrogen and oxygen atoms in total. The lowest BCUT2D eigenvalue weighted by Gasteiger charge is -2.28. The predicted molar refractivity (Wildman–Crippen MR) is 104 cm³/mol. The predicted octanol–water partition coefficient (Wildman–Crippen LogP) is 2.02. The number of nitrogens with one attached hydrogen (secondary N) is 2. The molecule has 8 heteroatoms. The minimum Gasteiger partial charge on any atom is -0.481 e. The summed E-state index contributed by atoms with van der Waals surface area (Å²) in [7, 11) is 1.52. The number of pyridine rings is 1. The van der Waals surface area contributed by atoms with Gasteiger partial charge in [0.2, 0.25) is 11.8 Å². The number of nitrogens with zero attached hydrogens (tertiary/aromatic N) is 4. The molecule has 27 heavy (non-hydrogen) atoms. The average Bonchev–Trinajstić information content (AvgIpc) is 2.71. The summed E-state index contributed by atoms with van der Waals surface area (Å²) in [6.45, 7) is 5.05. The molecule has 2 aromatic heterocycles. The molecule has 1 aliphatic heterocycles. The van der Waals surface area contributed by atoms with Gasteiger partial charge in [-0.05, 0) is 32.3 Å². The van der Waals surface area contributed by atoms with Crippen LogP contribution in [-0.4, -0.2) is 54.1 Å². The van der Waals surface area contributed by atoms with Crippen molar-refractivity contribution in [2.75, 3.05) is 43.5 Å². The van der Waals surface area contributed by atoms with Gasteiger partial charge in [0, 0.05) is 55.8 Å². The highest BCUT2D eigenvalue weighted by Gasteiger charge is 2.14. The van der Waals surface area contributed by atoms with Crippen LogP contribution < -0.4 is 20.3 Å². The average molecular weight is 370 g/mol. The second-order valence-electron chi connectivity index (χ2n) is 6.51. The highest BCUT2D eigenvalue weighted by molar-refractivity contribution is 5.94. The summed E-state index contributed by atoms with van der Waals surface area (Å²) >= 11 is 0. The van der Waals surface area contributed by atoms with E-state index in [0.29, 0.717) is 30.5 Å². The van der Waals surface area contributed by atoms with Gasteiger partial charge in [0.25, 0.3) is 5.91 Å². The van der Waals surface area contributed by atoms with Crippen LogP contribution in [0.25, 0.3) is 0 Å². The van der Waals surface area contributed by atoms with Crippen LogP contribution >= 0.6 is 0 Å². The summed E-state index contributed by atoms with van der Waals surface area (Å²) in [6, 6.07) is 5.28. The van der Waals surface area contributed by atoms with Crippen LogP contribution in [0.5, 0.6) is 5.88 Å². The Hall–Kier alpha value is -2.90. The number of amides is 1. The van der Waals surface area contributed by atoms with Gasteiger partial charge in [-0.2, -0.15) is 4.98 Å². The first-order valence-corrected chi connectivity index (χ1v) is 9.28. The molecule has 1 aliphatic rings. The zero-order chi connectivity index (χ0) is 19.1. The molecular formula is C19H26N6O2. The monoisotopic (exact) mass is 370 g/mol. The van der Waals surface area contributed by atoms with Crippen molar-refractivity contribution in [3.63, 3.8) is 0 Å². The summed E-state index contributed by atoms with van der Waals surface area (Å²) in [5, 5.41) is 6.06. The highest BCUT2D eigenvalue weighted by atomic mass is 16.5. The Morgan fingerprint density at radius 3 is 2.78 bits per heavy atom. The molecule has 0 bridgehead atoms. The number of hydrogen-bond donors (Lipinski definition) is 2. The molecule has 1 amide bonds. The van der Waals surface area contributed by atoms with Crippen LogP contribution in [-0.2, 0) is 0 Å². The van der Waals surface area contributed by atoms with Crippen LogP contribution in [0.2, 0.25) is 0 Å². The molecule has 2 N–H and O–H groups in total. The van der Waals surface area contributed by atoms with E-state index in [1.165, 1.54) is 26.4 Å². The van der Waals surface area contributed by atoms with Crippen molar-refractivity contribution in [3.05, 3.63) is 35.7 Å². The van der Waals surface area contributed by atoms with Gasteiger partial charge in [0.1, 0.15) is 5.82 Å². The molecule has 3 heterocycles. The number of carbonyl (C=O) groups is 1. The Balaban J connectivity index is 1.51. The number of anilines is 2. The molecule has 0 radical (unpaired) electrons. The van der Waals surface area contributed by atoms with Crippen molar-refractivity contribution < 1.29 is 9.53 Å². The van der Waals surface area contributed by atoms with Crippen LogP contribution in [0, 0.1) is 6.92 Å². The van der Waals surface area contributed by atoms with E-state index in [-0.39, 0.29) is 5.91 Å². The first kappa shape index (κ1) is 18.9. The van der Waals surface area contributed by atoms with Crippen molar-refractivity contribution in [3.8, 4) is 5.88 Å². The SMILES string of the molecule is COc1cc(C(=O)NCCNc2nc(C)cc(N3CCCCC3)n2)ccn1. The molecule has 0 aromatic carbocycles. The van der Waals surface area contributed by atoms with Gasteiger partial charge in [-0.25, -0.2) is 9.97 Å². The number of aryl methyl sites for hydroxylation is 1. The fraction of sp³-hybridized carbons (Fsp3) is 0.474. The third-order valence-electron chi connectivity index (χ3n) is 4.42. The first-order valence-electron chi connectivity index (χ1n) is 9.28. The Morgan fingerprint density at radius 1 is 1.19 bits per heavy atom. The first-order chi connectivity index (χ1) is 13.2. The minimum atomic E-state index is -0.170. The molecular weight excluding hydrogens is 344 g/mol. The molecule has 0 atom stereocenters. The normalized spacial score (nSPS) is 13.9. The maximum Gasteiger partial charge on any atom is 0.251 e. The van der Waals surface area contributed by atoms with Crippen molar-refractivity contribution in [1.82, 2.24) is 20.3 Å². The number of ether oxygens (including phenoxy) is 1. The van der Waals surface area contributed by atoms with Crippen molar-refractivity contribution >= 4 is 17.7 Å². The van der Waals surface area contributed by atoms with Gasteiger partial charge in [-0.15, -0.1) is 0 Å². The smallest absolute Gasteiger partial charge is 0.251 e. The number of piperidine rings is 1. The fourth-order valence-corrected chi connectivity index (χ4v) is 3.03. The third kappa shape index (κ3) is 5.29. The third-order valence-corrected chi connectivity index (χ3v) is 4.42. The van der Waals surface area contributed by atoms with E-state index >= 15 is 0 Å². The number of methoxy groups -OCH3 is 1. The van der Waals surface area contributed by atoms with Crippen molar-refractivity contribution in [2.45, 2.75) is 26.2 Å². The highest BCUT2D eigenvalue weighted by Crippen LogP contribution is 2.19. The molecule has 3 rings (SSSR count). The minimum absolute atomic E-state index is 0.170. The van der Waals surface area contributed by atoms with E-state index in [1.807, 2.05) is 13.0 Å². The van der Waals surface area contributed by atoms with Crippen LogP contribution in [0.4, 0.5) is 11.8 Å². The molecule has 1 saturated heterocycles. The van der Waals surface area contributed by atoms with E-state index in [2.05, 4.69) is 30.5 Å². The lowest BCUT2D eigenvalue weighted by Crippen LogP contribution is -2.31. The summed E-state index contributed by atoms with van der Waals surface area (Å²) < 4.78 is 5.04. The van der Waals surface area contributed by atoms with Gasteiger partial charge < -0.3 is 20.3 Å². The molecule has 0 saturated carbocycles. The number of hydrogen-bond acceptors (Lipinski definition) is 7. The standard InChI is InChI=1S/C19H26N6O2/c1-14-12-16(25-10-4-3-5-11-25)24-19(23-14)22-9-8-21-18(26)15-6-7-20-17(13-15)27-2/h6-7,12-13H,3-5,8-11H2,1-2H3,(H,21,26)(H,22,23,24). The van der Waals surface area contributed by atoms with Gasteiger partial charge in [-0.3, -0.25) is 4.79 Å². The molecule has 144 valence electrons. The molecule has 0 spiro atoms. The summed E-state index contributed by atoms with van der Waals surface area (Å²) in [6.07, 6.45) is 5.25. The zero-order valence-corrected chi connectivity index (χ0v) is 15.9. The molecule has 0 aliphatic carbocycles. The molecule has 1 fully saturated rings. The van der Waals surface area contributed by atoms with Crippen LogP contribution in [0.15, 0.2) is 24.4 Å². The second-order valence-corrected chi connectivity index (χ2v) is 6.51. The molecule has 2 aromatic rings. The lowest BCUT2D eigenvalue weighted by molar-refractivity contribution is 0.0954. The quantitative estimate of drug-likeness (QED) is 0.720. The van der Waals surface area contributed by atoms with Gasteiger partial charge >= 0.3 is 0 Å². The zero-order valence-electron chi connectivity index (χ0n) is 15.9. The van der Waals surface area contributed by atoms with Crippen molar-refractivity contribution in [2.24, 2.45) is 0 Å². The lowest BCUT2D eigenvalue weighted by atomic mass is 10.1. The van der Waals surface area contributed by atoms with Crippen molar-refractivity contribution in [1.29, 1.82) is 0 Å². The fourth-order valence-electron chi connectivity index (χ4n) is 3.03. The largest absolute Gasteiger partial charge is 0.481 e. The maximum atomic E-state index is 12.2. The van der Waals surface area contributed by atoms with E-state index in [0.717, 1.165) is 24.6 Å². The second kappa shape index (κ2) is 9.16. The van der Waals surface area contributed by atoms with E-state index in [9.17, 15) is 4.79 Å². The van der Waals surface area contributed by atoms with Crippen LogP contribution in [0.1, 0.15) is 35.3 Å². The topological polar surface area (TPSA) is 92.3 Å². The molecule has 0 unspecified atom stereocenters. The van der Waals surface area contributed by atoms with Gasteiger partial charge in [0.15, 0.2) is 0 Å². The number of rotatable bonds is 7.